The second-order valence-corrected chi connectivity index (χ2v) is 6.16. The van der Waals surface area contributed by atoms with E-state index >= 15 is 0 Å². The van der Waals surface area contributed by atoms with Crippen molar-refractivity contribution in [3.05, 3.63) is 76.1 Å². The molecule has 0 unspecified atom stereocenters. The fraction of sp³-hybridized carbons (Fsp3) is 0.304. The predicted molar refractivity (Wildman–Crippen MR) is 119 cm³/mol. The maximum atomic E-state index is 12.8. The van der Waals surface area contributed by atoms with Gasteiger partial charge in [0.1, 0.15) is 0 Å². The Hall–Kier alpha value is -2.70. The number of amides is 1. The highest BCUT2D eigenvalue weighted by Gasteiger charge is 2.08. The third-order valence-electron chi connectivity index (χ3n) is 3.11. The van der Waals surface area contributed by atoms with Gasteiger partial charge in [-0.25, -0.2) is 4.98 Å². The van der Waals surface area contributed by atoms with Gasteiger partial charge in [0, 0.05) is 22.0 Å². The molecule has 0 aliphatic carbocycles. The van der Waals surface area contributed by atoms with Crippen LogP contribution in [0.15, 0.2) is 53.7 Å². The summed E-state index contributed by atoms with van der Waals surface area (Å²) in [4.78, 5) is 16.4. The van der Waals surface area contributed by atoms with Crippen LogP contribution in [0.25, 0.3) is 0 Å². The van der Waals surface area contributed by atoms with Crippen molar-refractivity contribution >= 4 is 28.1 Å². The van der Waals surface area contributed by atoms with E-state index < -0.39 is 120 Å². The third kappa shape index (κ3) is 6.69. The molecule has 1 amide bonds. The van der Waals surface area contributed by atoms with Crippen LogP contribution in [0.5, 0.6) is 0 Å². The molecule has 0 aliphatic heterocycles. The van der Waals surface area contributed by atoms with Crippen LogP contribution < -0.4 is 11.1 Å². The molecule has 2 aromatic carbocycles. The Kier molecular flexibility index (Phi) is 2.76. The zero-order valence-corrected chi connectivity index (χ0v) is 15.8. The molecular formula is C23H27N3O2S. The van der Waals surface area contributed by atoms with Gasteiger partial charge in [-0.15, -0.1) is 11.3 Å². The van der Waals surface area contributed by atoms with E-state index in [1.807, 2.05) is 5.32 Å². The van der Waals surface area contributed by atoms with Crippen LogP contribution in [0.2, 0.25) is 0 Å². The number of hydrogen-bond donors (Lipinski definition) is 3. The van der Waals surface area contributed by atoms with Crippen LogP contribution in [-0.4, -0.2) is 16.0 Å². The number of nitrogens with zero attached hydrogens (tertiary/aromatic N) is 1. The first-order chi connectivity index (χ1) is 21.1. The van der Waals surface area contributed by atoms with Crippen LogP contribution in [0.3, 0.4) is 0 Å². The second kappa shape index (κ2) is 10.2. The van der Waals surface area contributed by atoms with Gasteiger partial charge in [-0.05, 0) is 49.3 Å². The van der Waals surface area contributed by atoms with Gasteiger partial charge >= 0.3 is 0 Å². The Morgan fingerprint density at radius 1 is 1.31 bits per heavy atom. The smallest absolute Gasteiger partial charge is 0.230 e. The number of aliphatic hydroxyl groups is 1. The Morgan fingerprint density at radius 3 is 2.69 bits per heavy atom. The molecule has 0 fully saturated rings. The fourth-order valence-corrected chi connectivity index (χ4v) is 2.28. The number of carbonyl (C=O) groups is 1. The summed E-state index contributed by atoms with van der Waals surface area (Å²) in [7, 11) is 0. The van der Waals surface area contributed by atoms with Gasteiger partial charge in [0.05, 0.1) is 31.9 Å². The third-order valence-corrected chi connectivity index (χ3v) is 3.71. The Bertz CT molecular complexity index is 1720. The normalized spacial score (nSPS) is 23.9. The monoisotopic (exact) mass is 427 g/mol. The standard InChI is InChI=1S/C23H27N3O2S/c1-16-6-10-18(11-7-16)21(27)5-3-2-4-17-8-12-19(13-9-17)25-22(28)14-20-15-29-23(24)26-20/h6-13,15,21,27H,2-5,14H2,1H3,(H2,24,26)(H,25,28)/t21-/m0/s1/i2D2,4D2,5D2,6D,7D,8D,9D,10D,11D,12D,13D,14D2,15D,21D. The number of thiazole rings is 1. The number of nitrogen functional groups attached to an aromatic ring is 1. The van der Waals surface area contributed by atoms with Crippen molar-refractivity contribution in [1.82, 2.24) is 4.98 Å². The molecule has 152 valence electrons. The topological polar surface area (TPSA) is 88.2 Å². The van der Waals surface area contributed by atoms with E-state index in [0.29, 0.717) is 11.3 Å². The van der Waals surface area contributed by atoms with Gasteiger partial charge in [0.25, 0.3) is 0 Å². The Labute approximate surface area is 200 Å². The molecule has 3 rings (SSSR count). The fourth-order valence-electron chi connectivity index (χ4n) is 1.84. The van der Waals surface area contributed by atoms with Crippen molar-refractivity contribution in [1.29, 1.82) is 0 Å². The molecule has 1 atom stereocenters. The van der Waals surface area contributed by atoms with Crippen molar-refractivity contribution < 1.29 is 34.6 Å². The zero-order valence-electron chi connectivity index (χ0n) is 33.0. The summed E-state index contributed by atoms with van der Waals surface area (Å²) in [5, 5.41) is 12.1. The van der Waals surface area contributed by atoms with Crippen molar-refractivity contribution in [2.75, 3.05) is 11.1 Å². The minimum atomic E-state index is -3.70. The average Bonchev–Trinajstić information content (AvgIpc) is 3.29. The van der Waals surface area contributed by atoms with Gasteiger partial charge in [0.2, 0.25) is 5.91 Å². The molecule has 5 nitrogen and oxygen atoms in total. The number of aromatic nitrogens is 1. The van der Waals surface area contributed by atoms with Gasteiger partial charge in [-0.1, -0.05) is 48.2 Å². The molecule has 0 saturated heterocycles. The molecular weight excluding hydrogens is 382 g/mol. The Balaban J connectivity index is 2.08. The molecule has 6 heteroatoms. The lowest BCUT2D eigenvalue weighted by atomic mass is 10.0. The zero-order chi connectivity index (χ0) is 36.6. The molecule has 0 aliphatic rings. The maximum Gasteiger partial charge on any atom is 0.230 e. The summed E-state index contributed by atoms with van der Waals surface area (Å²) in [5.74, 6) is -1.59. The van der Waals surface area contributed by atoms with Crippen LogP contribution in [0.4, 0.5) is 10.8 Å². The van der Waals surface area contributed by atoms with E-state index in [9.17, 15) is 9.90 Å². The number of rotatable bonds is 9. The van der Waals surface area contributed by atoms with Crippen molar-refractivity contribution in [3.63, 3.8) is 0 Å². The first-order valence-electron chi connectivity index (χ1n) is 17.0. The van der Waals surface area contributed by atoms with Crippen LogP contribution in [0, 0.1) is 6.92 Å². The summed E-state index contributed by atoms with van der Waals surface area (Å²) in [6.07, 6.45) is -19.3. The number of benzene rings is 2. The maximum absolute atomic E-state index is 12.8. The van der Waals surface area contributed by atoms with Gasteiger partial charge in [-0.2, -0.15) is 0 Å². The van der Waals surface area contributed by atoms with Gasteiger partial charge in [-0.3, -0.25) is 4.79 Å². The molecule has 1 aromatic heterocycles. The lowest BCUT2D eigenvalue weighted by Crippen LogP contribution is -2.14. The summed E-state index contributed by atoms with van der Waals surface area (Å²) in [6, 6.07) is -8.22. The minimum absolute atomic E-state index is 0.181. The van der Waals surface area contributed by atoms with Crippen LogP contribution in [0.1, 0.15) is 72.3 Å². The highest BCUT2D eigenvalue weighted by Crippen LogP contribution is 2.21. The van der Waals surface area contributed by atoms with E-state index in [4.69, 9.17) is 30.4 Å². The molecule has 0 saturated carbocycles. The average molecular weight is 428 g/mol. The summed E-state index contributed by atoms with van der Waals surface area (Å²) < 4.78 is 148. The SMILES string of the molecule is [2H]c1sc(N)nc1C([2H])([2H])C(=O)Nc1c([2H])c([2H])c(C([2H])([2H])C([2H])([2H])CC([2H])([2H])[C@]([2H])(O)c2c([2H])c([2H])c(C)c([2H])c2[2H])c([2H])c1[2H]. The van der Waals surface area contributed by atoms with Crippen LogP contribution in [-0.2, 0) is 17.5 Å². The van der Waals surface area contributed by atoms with Crippen LogP contribution >= 0.6 is 11.3 Å². The lowest BCUT2D eigenvalue weighted by molar-refractivity contribution is -0.115. The number of anilines is 2. The first kappa shape index (κ1) is 7.85. The largest absolute Gasteiger partial charge is 0.388 e. The molecule has 29 heavy (non-hydrogen) atoms. The van der Waals surface area contributed by atoms with E-state index in [1.54, 1.807) is 0 Å². The highest BCUT2D eigenvalue weighted by atomic mass is 32.1. The van der Waals surface area contributed by atoms with Gasteiger partial charge < -0.3 is 16.2 Å². The Morgan fingerprint density at radius 2 is 2.03 bits per heavy atom. The van der Waals surface area contributed by atoms with Crippen molar-refractivity contribution in [3.8, 4) is 0 Å². The van der Waals surface area contributed by atoms with Crippen molar-refractivity contribution in [2.45, 2.75) is 44.9 Å². The number of nitrogens with two attached hydrogens (primary N) is 1. The molecule has 0 bridgehead atoms. The molecule has 0 spiro atoms. The van der Waals surface area contributed by atoms with Crippen molar-refractivity contribution in [2.24, 2.45) is 0 Å². The lowest BCUT2D eigenvalue weighted by Gasteiger charge is -2.11. The number of carbonyl (C=O) groups excluding carboxylic acids is 1. The van der Waals surface area contributed by atoms with Gasteiger partial charge in [0.15, 0.2) is 5.13 Å². The second-order valence-electron chi connectivity index (χ2n) is 5.34. The number of nitrogens with one attached hydrogen (secondary N) is 1. The van der Waals surface area contributed by atoms with E-state index in [1.165, 1.54) is 6.92 Å². The number of hydrogen-bond acceptors (Lipinski definition) is 5. The first-order valence-corrected chi connectivity index (χ1v) is 8.85. The quantitative estimate of drug-likeness (QED) is 0.463. The molecule has 4 N–H and O–H groups in total. The van der Waals surface area contributed by atoms with E-state index in [0.717, 1.165) is 0 Å². The summed E-state index contributed by atoms with van der Waals surface area (Å²) in [6.45, 7) is 1.21. The summed E-state index contributed by atoms with van der Waals surface area (Å²) in [5.41, 5.74) is 1.23. The van der Waals surface area contributed by atoms with E-state index in [2.05, 4.69) is 4.98 Å². The highest BCUT2D eigenvalue weighted by molar-refractivity contribution is 7.13. The molecule has 1 heterocycles. The minimum Gasteiger partial charge on any atom is -0.388 e. The molecule has 3 aromatic rings. The predicted octanol–water partition coefficient (Wildman–Crippen LogP) is 4.66. The summed E-state index contributed by atoms with van der Waals surface area (Å²) >= 11 is 0.558. The van der Waals surface area contributed by atoms with E-state index in [-0.39, 0.29) is 10.7 Å². The molecule has 0 radical (unpaired) electrons.